The molecule has 1 amide bonds. The van der Waals surface area contributed by atoms with Crippen LogP contribution in [0, 0.1) is 5.41 Å². The monoisotopic (exact) mass is 510 g/mol. The molecule has 4 rings (SSSR count). The van der Waals surface area contributed by atoms with Crippen LogP contribution in [0.5, 0.6) is 0 Å². The van der Waals surface area contributed by atoms with E-state index in [1.54, 1.807) is 55.6 Å². The molecule has 3 aromatic carbocycles. The van der Waals surface area contributed by atoms with Gasteiger partial charge in [-0.2, -0.15) is 0 Å². The summed E-state index contributed by atoms with van der Waals surface area (Å²) in [5.74, 6) is -0.813. The Balaban J connectivity index is 1.59. The Hall–Kier alpha value is -4.72. The molecule has 8 nitrogen and oxygen atoms in total. The summed E-state index contributed by atoms with van der Waals surface area (Å²) in [7, 11) is 1.85. The third-order valence-electron chi connectivity index (χ3n) is 6.35. The molecule has 0 spiro atoms. The fourth-order valence-electron chi connectivity index (χ4n) is 4.36. The number of ether oxygens (including phenoxy) is 1. The van der Waals surface area contributed by atoms with Crippen LogP contribution in [0.2, 0.25) is 0 Å². The Morgan fingerprint density at radius 1 is 0.974 bits per heavy atom. The maximum absolute atomic E-state index is 13.3. The minimum Gasteiger partial charge on any atom is -0.465 e. The van der Waals surface area contributed by atoms with Gasteiger partial charge in [0.1, 0.15) is 12.4 Å². The van der Waals surface area contributed by atoms with Gasteiger partial charge < -0.3 is 15.0 Å². The van der Waals surface area contributed by atoms with E-state index < -0.39 is 5.97 Å². The van der Waals surface area contributed by atoms with E-state index in [0.717, 1.165) is 16.5 Å². The molecule has 0 saturated carbocycles. The first-order chi connectivity index (χ1) is 18.3. The molecule has 0 radical (unpaired) electrons. The molecule has 0 aliphatic rings. The summed E-state index contributed by atoms with van der Waals surface area (Å²) < 4.78 is 6.96. The fraction of sp³-hybridized carbons (Fsp3) is 0.200. The second-order valence-electron chi connectivity index (χ2n) is 8.95. The molecule has 8 heteroatoms. The SMILES string of the molecule is CCOC(=O)CN(C(=O)c1ccccc1)c1ccc2c(C(=O)CCc3ccc(C(=N)N)cc3)cn(C)c2c1. The molecule has 0 aliphatic carbocycles. The lowest BCUT2D eigenvalue weighted by atomic mass is 10.0. The number of anilines is 1. The zero-order chi connectivity index (χ0) is 27.2. The number of nitrogen functional groups attached to an aromatic ring is 1. The molecule has 194 valence electrons. The van der Waals surface area contributed by atoms with E-state index in [1.807, 2.05) is 41.9 Å². The first kappa shape index (κ1) is 26.3. The minimum atomic E-state index is -0.504. The largest absolute Gasteiger partial charge is 0.465 e. The topological polar surface area (TPSA) is 118 Å². The van der Waals surface area contributed by atoms with Gasteiger partial charge >= 0.3 is 5.97 Å². The Labute approximate surface area is 221 Å². The average Bonchev–Trinajstić information content (AvgIpc) is 3.26. The van der Waals surface area contributed by atoms with Crippen molar-refractivity contribution in [2.75, 3.05) is 18.1 Å². The smallest absolute Gasteiger partial charge is 0.326 e. The van der Waals surface area contributed by atoms with Crippen LogP contribution in [0.4, 0.5) is 5.69 Å². The van der Waals surface area contributed by atoms with Crippen molar-refractivity contribution in [1.82, 2.24) is 4.57 Å². The molecule has 0 fully saturated rings. The van der Waals surface area contributed by atoms with Crippen LogP contribution >= 0.6 is 0 Å². The molecule has 3 N–H and O–H groups in total. The number of aryl methyl sites for hydroxylation is 2. The quantitative estimate of drug-likeness (QED) is 0.141. The second-order valence-corrected chi connectivity index (χ2v) is 8.95. The van der Waals surface area contributed by atoms with E-state index in [4.69, 9.17) is 15.9 Å². The lowest BCUT2D eigenvalue weighted by Gasteiger charge is -2.22. The first-order valence-corrected chi connectivity index (χ1v) is 12.4. The summed E-state index contributed by atoms with van der Waals surface area (Å²) >= 11 is 0. The van der Waals surface area contributed by atoms with Crippen LogP contribution in [-0.4, -0.2) is 41.2 Å². The number of amides is 1. The van der Waals surface area contributed by atoms with Crippen LogP contribution in [0.1, 0.15) is 45.2 Å². The van der Waals surface area contributed by atoms with E-state index in [-0.39, 0.29) is 30.7 Å². The highest BCUT2D eigenvalue weighted by Gasteiger charge is 2.23. The van der Waals surface area contributed by atoms with Crippen molar-refractivity contribution in [2.24, 2.45) is 12.8 Å². The molecule has 0 unspecified atom stereocenters. The van der Waals surface area contributed by atoms with Gasteiger partial charge in [-0.05, 0) is 43.2 Å². The van der Waals surface area contributed by atoms with E-state index in [2.05, 4.69) is 0 Å². The van der Waals surface area contributed by atoms with Gasteiger partial charge in [0.25, 0.3) is 5.91 Å². The minimum absolute atomic E-state index is 0.00253. The summed E-state index contributed by atoms with van der Waals surface area (Å²) in [5, 5.41) is 8.28. The molecule has 4 aromatic rings. The van der Waals surface area contributed by atoms with E-state index in [1.165, 1.54) is 4.90 Å². The van der Waals surface area contributed by atoms with Crippen molar-refractivity contribution in [2.45, 2.75) is 19.8 Å². The summed E-state index contributed by atoms with van der Waals surface area (Å²) in [6.07, 6.45) is 2.68. The van der Waals surface area contributed by atoms with Crippen molar-refractivity contribution in [3.8, 4) is 0 Å². The van der Waals surface area contributed by atoms with Gasteiger partial charge in [0, 0.05) is 47.4 Å². The molecule has 1 heterocycles. The van der Waals surface area contributed by atoms with Crippen LogP contribution in [0.25, 0.3) is 10.9 Å². The van der Waals surface area contributed by atoms with Crippen molar-refractivity contribution in [3.63, 3.8) is 0 Å². The predicted molar refractivity (Wildman–Crippen MR) is 148 cm³/mol. The number of fused-ring (bicyclic) bond motifs is 1. The Bertz CT molecular complexity index is 1490. The van der Waals surface area contributed by atoms with E-state index in [0.29, 0.717) is 35.2 Å². The summed E-state index contributed by atoms with van der Waals surface area (Å²) in [5.41, 5.74) is 9.50. The number of carbonyl (C=O) groups is 3. The Kier molecular flexibility index (Phi) is 8.01. The van der Waals surface area contributed by atoms with Gasteiger partial charge in [0.05, 0.1) is 12.1 Å². The van der Waals surface area contributed by atoms with Crippen LogP contribution < -0.4 is 10.6 Å². The van der Waals surface area contributed by atoms with E-state index >= 15 is 0 Å². The number of nitrogens with one attached hydrogen (secondary N) is 1. The van der Waals surface area contributed by atoms with Gasteiger partial charge in [-0.25, -0.2) is 0 Å². The van der Waals surface area contributed by atoms with Gasteiger partial charge in [0.2, 0.25) is 0 Å². The number of aromatic nitrogens is 1. The van der Waals surface area contributed by atoms with Crippen molar-refractivity contribution >= 4 is 40.1 Å². The number of esters is 1. The van der Waals surface area contributed by atoms with Crippen molar-refractivity contribution < 1.29 is 19.1 Å². The third kappa shape index (κ3) is 5.81. The number of nitrogens with zero attached hydrogens (tertiary/aromatic N) is 2. The maximum Gasteiger partial charge on any atom is 0.326 e. The van der Waals surface area contributed by atoms with Crippen LogP contribution in [0.15, 0.2) is 79.0 Å². The molecule has 38 heavy (non-hydrogen) atoms. The lowest BCUT2D eigenvalue weighted by Crippen LogP contribution is -2.36. The number of nitrogens with two attached hydrogens (primary N) is 1. The van der Waals surface area contributed by atoms with Gasteiger partial charge in [0.15, 0.2) is 5.78 Å². The normalized spacial score (nSPS) is 10.8. The molecular weight excluding hydrogens is 480 g/mol. The molecular formula is C30H30N4O4. The zero-order valence-electron chi connectivity index (χ0n) is 21.4. The zero-order valence-corrected chi connectivity index (χ0v) is 21.4. The van der Waals surface area contributed by atoms with Crippen molar-refractivity contribution in [1.29, 1.82) is 5.41 Å². The lowest BCUT2D eigenvalue weighted by molar-refractivity contribution is -0.141. The van der Waals surface area contributed by atoms with E-state index in [9.17, 15) is 14.4 Å². The highest BCUT2D eigenvalue weighted by atomic mass is 16.5. The standard InChI is InChI=1S/C30H30N4O4/c1-3-38-28(36)19-34(30(37)22-7-5-4-6-8-22)23-14-15-24-25(18-33(2)26(24)17-23)27(35)16-11-20-9-12-21(13-10-20)29(31)32/h4-10,12-15,17-18H,3,11,16,19H2,1-2H3,(H3,31,32). The first-order valence-electron chi connectivity index (χ1n) is 12.4. The average molecular weight is 511 g/mol. The number of rotatable bonds is 10. The van der Waals surface area contributed by atoms with Gasteiger partial charge in [-0.1, -0.05) is 48.5 Å². The van der Waals surface area contributed by atoms with Gasteiger partial charge in [-0.15, -0.1) is 0 Å². The molecule has 0 saturated heterocycles. The molecule has 0 aliphatic heterocycles. The third-order valence-corrected chi connectivity index (χ3v) is 6.35. The van der Waals surface area contributed by atoms with Gasteiger partial charge in [-0.3, -0.25) is 24.7 Å². The highest BCUT2D eigenvalue weighted by Crippen LogP contribution is 2.28. The van der Waals surface area contributed by atoms with Crippen LogP contribution in [0.3, 0.4) is 0 Å². The predicted octanol–water partition coefficient (Wildman–Crippen LogP) is 4.49. The fourth-order valence-corrected chi connectivity index (χ4v) is 4.36. The highest BCUT2D eigenvalue weighted by molar-refractivity contribution is 6.11. The van der Waals surface area contributed by atoms with Crippen LogP contribution in [-0.2, 0) is 23.0 Å². The number of hydrogen-bond donors (Lipinski definition) is 2. The molecule has 0 atom stereocenters. The summed E-state index contributed by atoms with van der Waals surface area (Å²) in [6.45, 7) is 1.71. The number of carbonyl (C=O) groups excluding carboxylic acids is 3. The Morgan fingerprint density at radius 3 is 2.34 bits per heavy atom. The summed E-state index contributed by atoms with van der Waals surface area (Å²) in [6, 6.07) is 21.4. The number of ketones is 1. The number of amidine groups is 1. The number of benzene rings is 3. The summed E-state index contributed by atoms with van der Waals surface area (Å²) in [4.78, 5) is 40.2. The molecule has 0 bridgehead atoms. The Morgan fingerprint density at radius 2 is 1.68 bits per heavy atom. The molecule has 1 aromatic heterocycles. The van der Waals surface area contributed by atoms with Crippen molar-refractivity contribution in [3.05, 3.63) is 101 Å². The number of hydrogen-bond acceptors (Lipinski definition) is 5. The maximum atomic E-state index is 13.3. The number of Topliss-reactive ketones (excluding diaryl/α,β-unsaturated/α-hetero) is 1. The second kappa shape index (κ2) is 11.6.